The molecule has 3 aromatic carbocycles. The van der Waals surface area contributed by atoms with Gasteiger partial charge in [0.1, 0.15) is 17.4 Å². The first-order chi connectivity index (χ1) is 16.0. The van der Waals surface area contributed by atoms with E-state index in [-0.39, 0.29) is 6.54 Å². The van der Waals surface area contributed by atoms with Crippen molar-refractivity contribution < 1.29 is 18.3 Å². The fraction of sp³-hybridized carbons (Fsp3) is 0.115. The summed E-state index contributed by atoms with van der Waals surface area (Å²) in [6.45, 7) is 0.238. The molecule has 1 atom stereocenters. The Morgan fingerprint density at radius 1 is 0.970 bits per heavy atom. The molecule has 0 saturated carbocycles. The molecule has 7 heteroatoms. The minimum atomic E-state index is -0.729. The molecule has 1 aliphatic heterocycles. The third-order valence-corrected chi connectivity index (χ3v) is 5.77. The molecule has 0 aliphatic carbocycles. The van der Waals surface area contributed by atoms with Crippen LogP contribution in [0, 0.1) is 11.6 Å². The van der Waals surface area contributed by atoms with Gasteiger partial charge in [0.15, 0.2) is 0 Å². The molecule has 1 aliphatic rings. The van der Waals surface area contributed by atoms with Crippen molar-refractivity contribution in [2.75, 3.05) is 12.4 Å². The number of anilines is 1. The number of nitrogens with one attached hydrogen (secondary N) is 1. The number of benzene rings is 3. The Balaban J connectivity index is 1.66. The van der Waals surface area contributed by atoms with Crippen LogP contribution in [0.5, 0.6) is 5.75 Å². The summed E-state index contributed by atoms with van der Waals surface area (Å²) in [5.74, 6) is -0.886. The number of urea groups is 1. The molecular formula is C26H21F2N3O2. The van der Waals surface area contributed by atoms with Crippen molar-refractivity contribution in [1.82, 2.24) is 9.47 Å². The molecule has 0 spiro atoms. The number of hydrogen-bond donors (Lipinski definition) is 1. The van der Waals surface area contributed by atoms with E-state index in [1.807, 2.05) is 53.2 Å². The zero-order chi connectivity index (χ0) is 22.9. The molecule has 166 valence electrons. The fourth-order valence-corrected chi connectivity index (χ4v) is 4.36. The van der Waals surface area contributed by atoms with E-state index in [1.54, 1.807) is 23.1 Å². The van der Waals surface area contributed by atoms with Gasteiger partial charge in [-0.25, -0.2) is 13.6 Å². The van der Waals surface area contributed by atoms with Crippen LogP contribution in [0.2, 0.25) is 0 Å². The number of para-hydroxylation sites is 3. The number of hydrogen-bond acceptors (Lipinski definition) is 2. The summed E-state index contributed by atoms with van der Waals surface area (Å²) in [4.78, 5) is 15.2. The molecule has 2 heterocycles. The van der Waals surface area contributed by atoms with Gasteiger partial charge in [-0.1, -0.05) is 30.3 Å². The van der Waals surface area contributed by atoms with Crippen LogP contribution in [0.1, 0.15) is 22.9 Å². The minimum Gasteiger partial charge on any atom is -0.495 e. The number of fused-ring (bicyclic) bond motifs is 3. The molecule has 1 N–H and O–H groups in total. The molecule has 33 heavy (non-hydrogen) atoms. The van der Waals surface area contributed by atoms with E-state index in [0.717, 1.165) is 23.0 Å². The van der Waals surface area contributed by atoms with Crippen LogP contribution in [-0.2, 0) is 6.54 Å². The van der Waals surface area contributed by atoms with Gasteiger partial charge in [-0.2, -0.15) is 0 Å². The van der Waals surface area contributed by atoms with Crippen LogP contribution in [0.3, 0.4) is 0 Å². The van der Waals surface area contributed by atoms with Crippen LogP contribution in [0.15, 0.2) is 85.1 Å². The Labute approximate surface area is 189 Å². The Morgan fingerprint density at radius 3 is 2.48 bits per heavy atom. The van der Waals surface area contributed by atoms with Gasteiger partial charge < -0.3 is 19.5 Å². The van der Waals surface area contributed by atoms with Gasteiger partial charge in [0.25, 0.3) is 0 Å². The lowest BCUT2D eigenvalue weighted by atomic mass is 10.0. The van der Waals surface area contributed by atoms with Crippen LogP contribution >= 0.6 is 0 Å². The molecule has 5 nitrogen and oxygen atoms in total. The Bertz CT molecular complexity index is 1310. The van der Waals surface area contributed by atoms with E-state index >= 15 is 0 Å². The van der Waals surface area contributed by atoms with E-state index in [1.165, 1.54) is 19.2 Å². The molecule has 0 saturated heterocycles. The average molecular weight is 445 g/mol. The third kappa shape index (κ3) is 3.82. The number of halogens is 2. The highest BCUT2D eigenvalue weighted by Crippen LogP contribution is 2.37. The van der Waals surface area contributed by atoms with Crippen molar-refractivity contribution in [3.63, 3.8) is 0 Å². The Morgan fingerprint density at radius 2 is 1.70 bits per heavy atom. The van der Waals surface area contributed by atoms with Gasteiger partial charge in [0.2, 0.25) is 0 Å². The van der Waals surface area contributed by atoms with Crippen LogP contribution in [0.25, 0.3) is 5.69 Å². The van der Waals surface area contributed by atoms with Crippen molar-refractivity contribution in [3.8, 4) is 11.4 Å². The van der Waals surface area contributed by atoms with Crippen molar-refractivity contribution in [3.05, 3.63) is 114 Å². The molecule has 4 aromatic rings. The van der Waals surface area contributed by atoms with Gasteiger partial charge >= 0.3 is 6.03 Å². The number of carbonyl (C=O) groups excluding carboxylic acids is 1. The number of amides is 2. The zero-order valence-corrected chi connectivity index (χ0v) is 17.8. The lowest BCUT2D eigenvalue weighted by Gasteiger charge is -2.31. The number of ether oxygens (including phenoxy) is 1. The predicted molar refractivity (Wildman–Crippen MR) is 122 cm³/mol. The molecular weight excluding hydrogens is 424 g/mol. The highest BCUT2D eigenvalue weighted by Gasteiger charge is 2.33. The first-order valence-electron chi connectivity index (χ1n) is 10.5. The normalized spacial score (nSPS) is 14.8. The molecule has 1 aromatic heterocycles. The van der Waals surface area contributed by atoms with Crippen molar-refractivity contribution in [2.24, 2.45) is 0 Å². The SMILES string of the molecule is COc1ccccc1NC(=O)N1Cc2ccccc2-n2cccc2[C@@H]1c1cc(F)cc(F)c1. The minimum absolute atomic E-state index is 0.238. The zero-order valence-electron chi connectivity index (χ0n) is 17.8. The standard InChI is InChI=1S/C26H21F2N3O2/c1-33-24-11-5-3-8-21(24)29-26(32)31-16-17-7-2-4-9-22(17)30-12-6-10-23(30)25(31)18-13-19(27)15-20(28)14-18/h2-15,25H,16H2,1H3,(H,29,32)/t25-/m0/s1. The summed E-state index contributed by atoms with van der Waals surface area (Å²) in [6.07, 6.45) is 1.89. The Hall–Kier alpha value is -4.13. The number of methoxy groups -OCH3 is 1. The largest absolute Gasteiger partial charge is 0.495 e. The number of carbonyl (C=O) groups is 1. The monoisotopic (exact) mass is 445 g/mol. The maximum atomic E-state index is 14.2. The van der Waals surface area contributed by atoms with Gasteiger partial charge in [-0.05, 0) is 53.6 Å². The summed E-state index contributed by atoms with van der Waals surface area (Å²) in [5.41, 5.74) is 3.38. The van der Waals surface area contributed by atoms with Crippen LogP contribution < -0.4 is 10.1 Å². The van der Waals surface area contributed by atoms with E-state index in [9.17, 15) is 13.6 Å². The van der Waals surface area contributed by atoms with Gasteiger partial charge in [-0.3, -0.25) is 0 Å². The topological polar surface area (TPSA) is 46.5 Å². The summed E-state index contributed by atoms with van der Waals surface area (Å²) in [7, 11) is 1.53. The summed E-state index contributed by atoms with van der Waals surface area (Å²) < 4.78 is 35.8. The molecule has 0 bridgehead atoms. The molecule has 0 radical (unpaired) electrons. The van der Waals surface area contributed by atoms with Gasteiger partial charge in [0.05, 0.1) is 31.1 Å². The summed E-state index contributed by atoms with van der Waals surface area (Å²) in [6, 6.07) is 20.7. The quantitative estimate of drug-likeness (QED) is 0.427. The van der Waals surface area contributed by atoms with Crippen molar-refractivity contribution in [1.29, 1.82) is 0 Å². The number of nitrogens with zero attached hydrogens (tertiary/aromatic N) is 2. The van der Waals surface area contributed by atoms with Gasteiger partial charge in [-0.15, -0.1) is 0 Å². The van der Waals surface area contributed by atoms with Gasteiger partial charge in [0, 0.05) is 18.0 Å². The maximum Gasteiger partial charge on any atom is 0.323 e. The highest BCUT2D eigenvalue weighted by atomic mass is 19.1. The lowest BCUT2D eigenvalue weighted by Crippen LogP contribution is -2.38. The maximum absolute atomic E-state index is 14.2. The fourth-order valence-electron chi connectivity index (χ4n) is 4.36. The van der Waals surface area contributed by atoms with Crippen molar-refractivity contribution in [2.45, 2.75) is 12.6 Å². The average Bonchev–Trinajstić information content (AvgIpc) is 3.22. The second kappa shape index (κ2) is 8.43. The number of rotatable bonds is 3. The smallest absolute Gasteiger partial charge is 0.323 e. The molecule has 0 fully saturated rings. The second-order valence-electron chi connectivity index (χ2n) is 7.80. The first-order valence-corrected chi connectivity index (χ1v) is 10.5. The number of aromatic nitrogens is 1. The van der Waals surface area contributed by atoms with Crippen LogP contribution in [0.4, 0.5) is 19.3 Å². The summed E-state index contributed by atoms with van der Waals surface area (Å²) in [5, 5.41) is 2.91. The highest BCUT2D eigenvalue weighted by molar-refractivity contribution is 5.91. The molecule has 2 amide bonds. The van der Waals surface area contributed by atoms with Crippen LogP contribution in [-0.4, -0.2) is 22.6 Å². The van der Waals surface area contributed by atoms with E-state index in [0.29, 0.717) is 17.0 Å². The Kier molecular flexibility index (Phi) is 5.30. The van der Waals surface area contributed by atoms with E-state index in [4.69, 9.17) is 4.74 Å². The third-order valence-electron chi connectivity index (χ3n) is 5.77. The molecule has 0 unspecified atom stereocenters. The van der Waals surface area contributed by atoms with Crippen molar-refractivity contribution >= 4 is 11.7 Å². The first kappa shape index (κ1) is 20.8. The molecule has 5 rings (SSSR count). The van der Waals surface area contributed by atoms with E-state index < -0.39 is 23.7 Å². The summed E-state index contributed by atoms with van der Waals surface area (Å²) >= 11 is 0. The van der Waals surface area contributed by atoms with E-state index in [2.05, 4.69) is 5.32 Å². The lowest BCUT2D eigenvalue weighted by molar-refractivity contribution is 0.194. The second-order valence-corrected chi connectivity index (χ2v) is 7.80. The predicted octanol–water partition coefficient (Wildman–Crippen LogP) is 5.90.